The molecule has 0 bridgehead atoms. The fourth-order valence-electron chi connectivity index (χ4n) is 9.33. The van der Waals surface area contributed by atoms with Gasteiger partial charge in [-0.1, -0.05) is 67.4 Å². The summed E-state index contributed by atoms with van der Waals surface area (Å²) in [6.07, 6.45) is 11.3. The first kappa shape index (κ1) is 48.1. The normalized spacial score (nSPS) is 23.2. The minimum Gasteiger partial charge on any atom is -0.459 e. The van der Waals surface area contributed by atoms with Crippen molar-refractivity contribution in [3.63, 3.8) is 0 Å². The molecular formula is C51H68N2O9S. The fourth-order valence-corrected chi connectivity index (χ4v) is 9.74. The lowest BCUT2D eigenvalue weighted by Crippen LogP contribution is -2.70. The Hall–Kier alpha value is -4.33. The number of rotatable bonds is 23. The molecule has 6 rings (SSSR count). The first-order valence-electron chi connectivity index (χ1n) is 22.7. The molecular weight excluding hydrogens is 817 g/mol. The predicted octanol–water partition coefficient (Wildman–Crippen LogP) is 10.7. The monoisotopic (exact) mass is 884 g/mol. The average Bonchev–Trinajstić information content (AvgIpc) is 3.28. The summed E-state index contributed by atoms with van der Waals surface area (Å²) in [5, 5.41) is 24.8. The summed E-state index contributed by atoms with van der Waals surface area (Å²) >= 11 is 1.68. The lowest BCUT2D eigenvalue weighted by molar-refractivity contribution is -0.255. The molecule has 1 fully saturated rings. The van der Waals surface area contributed by atoms with Crippen molar-refractivity contribution in [2.24, 2.45) is 22.9 Å². The van der Waals surface area contributed by atoms with Gasteiger partial charge in [-0.05, 0) is 125 Å². The number of aliphatic hydroxyl groups is 2. The summed E-state index contributed by atoms with van der Waals surface area (Å²) in [7, 11) is 0. The zero-order chi connectivity index (χ0) is 44.8. The highest BCUT2D eigenvalue weighted by molar-refractivity contribution is 7.98. The minimum atomic E-state index is -1.39. The zero-order valence-corrected chi connectivity index (χ0v) is 38.7. The van der Waals surface area contributed by atoms with Gasteiger partial charge in [0.25, 0.3) is 0 Å². The van der Waals surface area contributed by atoms with Gasteiger partial charge in [0.05, 0.1) is 31.5 Å². The molecule has 12 heteroatoms. The summed E-state index contributed by atoms with van der Waals surface area (Å²) in [5.41, 5.74) is 3.15. The molecule has 0 aromatic heterocycles. The minimum absolute atomic E-state index is 0.0688. The van der Waals surface area contributed by atoms with Crippen LogP contribution in [0.1, 0.15) is 96.1 Å². The molecule has 1 amide bonds. The number of unbranched alkanes of at least 4 members (excludes halogenated alkanes) is 2. The van der Waals surface area contributed by atoms with E-state index in [0.717, 1.165) is 58.7 Å². The fraction of sp³-hybridized carbons (Fsp3) is 0.529. The standard InChI is InChI=1S/C51H68N2O9S/c1-7-26-53(49(56)58-31-30-57-35-36-16-10-9-11-17-36)46-34-44(52-62-50(3,4)5)42-32-37(18-12-14-27-54)41(19-13-15-28-55)47-43-33-39(60-38-20-23-40(63-6)24-21-38)22-25-45(43)61-51(46,48(42)47)59-29-8-2/h8-11,16-17,20-25,32-33,37,41,46-48,54-55H,2,7,12-15,18-19,26-31,34-35H2,1,3-6H3. The number of carbonyl (C=O) groups is 1. The molecule has 2 aliphatic carbocycles. The third-order valence-electron chi connectivity index (χ3n) is 12.0. The zero-order valence-electron chi connectivity index (χ0n) is 37.8. The lowest BCUT2D eigenvalue weighted by Gasteiger charge is -2.60. The molecule has 6 unspecified atom stereocenters. The molecule has 63 heavy (non-hydrogen) atoms. The van der Waals surface area contributed by atoms with Crippen molar-refractivity contribution in [1.29, 1.82) is 0 Å². The molecule has 6 atom stereocenters. The van der Waals surface area contributed by atoms with Crippen LogP contribution in [0.4, 0.5) is 4.79 Å². The summed E-state index contributed by atoms with van der Waals surface area (Å²) in [4.78, 5) is 23.7. The SMILES string of the molecule is C=CCOC12Oc3ccc(Oc4ccc(SC)cc4)cc3C3C(CCCCO)C(CCCCO)C=C(C(=NOC(C)(C)C)CC1N(CCC)C(=O)OCCOCc1ccccc1)C32. The van der Waals surface area contributed by atoms with Gasteiger partial charge in [0.15, 0.2) is 0 Å². The number of amides is 1. The van der Waals surface area contributed by atoms with Gasteiger partial charge in [0.2, 0.25) is 5.79 Å². The van der Waals surface area contributed by atoms with Gasteiger partial charge in [-0.3, -0.25) is 4.90 Å². The summed E-state index contributed by atoms with van der Waals surface area (Å²) in [6.45, 7) is 13.5. The van der Waals surface area contributed by atoms with Gasteiger partial charge in [-0.2, -0.15) is 0 Å². The predicted molar refractivity (Wildman–Crippen MR) is 249 cm³/mol. The molecule has 342 valence electrons. The second kappa shape index (κ2) is 23.0. The lowest BCUT2D eigenvalue weighted by atomic mass is 9.55. The largest absolute Gasteiger partial charge is 0.459 e. The second-order valence-electron chi connectivity index (χ2n) is 17.6. The molecule has 1 saturated carbocycles. The smallest absolute Gasteiger partial charge is 0.410 e. The molecule has 11 nitrogen and oxygen atoms in total. The number of fused-ring (bicyclic) bond motifs is 2. The maximum absolute atomic E-state index is 14.5. The molecule has 1 heterocycles. The maximum Gasteiger partial charge on any atom is 0.410 e. The van der Waals surface area contributed by atoms with E-state index < -0.39 is 29.4 Å². The number of oxime groups is 1. The van der Waals surface area contributed by atoms with Crippen LogP contribution in [-0.2, 0) is 25.7 Å². The molecule has 3 aromatic rings. The van der Waals surface area contributed by atoms with Gasteiger partial charge in [-0.25, -0.2) is 4.79 Å². The molecule has 2 N–H and O–H groups in total. The van der Waals surface area contributed by atoms with Crippen LogP contribution in [0.3, 0.4) is 0 Å². The Bertz CT molecular complexity index is 1980. The van der Waals surface area contributed by atoms with Gasteiger partial charge in [0.1, 0.15) is 35.5 Å². The Balaban J connectivity index is 1.48. The Morgan fingerprint density at radius 3 is 2.40 bits per heavy atom. The number of nitrogens with zero attached hydrogens (tertiary/aromatic N) is 2. The molecule has 0 radical (unpaired) electrons. The average molecular weight is 885 g/mol. The van der Waals surface area contributed by atoms with Crippen LogP contribution in [0.5, 0.6) is 17.2 Å². The van der Waals surface area contributed by atoms with Crippen LogP contribution < -0.4 is 9.47 Å². The van der Waals surface area contributed by atoms with E-state index in [-0.39, 0.29) is 57.2 Å². The van der Waals surface area contributed by atoms with Crippen LogP contribution in [0, 0.1) is 17.8 Å². The van der Waals surface area contributed by atoms with Crippen molar-refractivity contribution >= 4 is 23.6 Å². The van der Waals surface area contributed by atoms with Crippen molar-refractivity contribution in [3.8, 4) is 17.2 Å². The number of carbonyl (C=O) groups excluding carboxylic acids is 1. The quantitative estimate of drug-likeness (QED) is 0.0411. The summed E-state index contributed by atoms with van der Waals surface area (Å²) in [5.74, 6) is 0.210. The number of aliphatic hydroxyl groups excluding tert-OH is 2. The maximum atomic E-state index is 14.5. The number of allylic oxidation sites excluding steroid dienone is 1. The third-order valence-corrected chi connectivity index (χ3v) is 12.8. The molecule has 0 saturated heterocycles. The van der Waals surface area contributed by atoms with E-state index in [1.165, 1.54) is 0 Å². The Morgan fingerprint density at radius 2 is 1.71 bits per heavy atom. The third kappa shape index (κ3) is 12.1. The van der Waals surface area contributed by atoms with Gasteiger partial charge >= 0.3 is 6.09 Å². The van der Waals surface area contributed by atoms with E-state index >= 15 is 0 Å². The highest BCUT2D eigenvalue weighted by atomic mass is 32.2. The highest BCUT2D eigenvalue weighted by Crippen LogP contribution is 2.62. The van der Waals surface area contributed by atoms with Gasteiger partial charge in [-0.15, -0.1) is 18.3 Å². The Morgan fingerprint density at radius 1 is 0.984 bits per heavy atom. The van der Waals surface area contributed by atoms with E-state index in [1.54, 1.807) is 22.7 Å². The number of hydrogen-bond donors (Lipinski definition) is 2. The van der Waals surface area contributed by atoms with E-state index in [0.29, 0.717) is 43.9 Å². The van der Waals surface area contributed by atoms with E-state index in [9.17, 15) is 15.0 Å². The first-order chi connectivity index (χ1) is 30.5. The molecule has 0 spiro atoms. The summed E-state index contributed by atoms with van der Waals surface area (Å²) in [6, 6.07) is 23.3. The van der Waals surface area contributed by atoms with Crippen molar-refractivity contribution in [2.75, 3.05) is 45.8 Å². The van der Waals surface area contributed by atoms with Crippen LogP contribution in [-0.4, -0.2) is 90.2 Å². The Labute approximate surface area is 378 Å². The number of thioether (sulfide) groups is 1. The van der Waals surface area contributed by atoms with Crippen molar-refractivity contribution in [2.45, 2.75) is 114 Å². The van der Waals surface area contributed by atoms with Crippen molar-refractivity contribution in [1.82, 2.24) is 4.90 Å². The van der Waals surface area contributed by atoms with Crippen LogP contribution in [0.15, 0.2) is 107 Å². The topological polar surface area (TPSA) is 129 Å². The van der Waals surface area contributed by atoms with Crippen LogP contribution in [0.25, 0.3) is 0 Å². The van der Waals surface area contributed by atoms with Gasteiger partial charge < -0.3 is 38.7 Å². The molecule has 3 aromatic carbocycles. The first-order valence-corrected chi connectivity index (χ1v) is 23.9. The van der Waals surface area contributed by atoms with E-state index in [4.69, 9.17) is 33.7 Å². The highest BCUT2D eigenvalue weighted by Gasteiger charge is 2.65. The second-order valence-corrected chi connectivity index (χ2v) is 18.5. The molecule has 1 aliphatic heterocycles. The van der Waals surface area contributed by atoms with Gasteiger partial charge in [0, 0.05) is 42.6 Å². The Kier molecular flexibility index (Phi) is 17.6. The summed E-state index contributed by atoms with van der Waals surface area (Å²) < 4.78 is 32.9. The number of hydrogen-bond acceptors (Lipinski definition) is 11. The molecule has 3 aliphatic rings. The van der Waals surface area contributed by atoms with Crippen LogP contribution in [0.2, 0.25) is 0 Å². The van der Waals surface area contributed by atoms with E-state index in [2.05, 4.69) is 18.7 Å². The van der Waals surface area contributed by atoms with Crippen LogP contribution >= 0.6 is 11.8 Å². The van der Waals surface area contributed by atoms with Crippen molar-refractivity contribution < 1.29 is 43.5 Å². The number of ether oxygens (including phenoxy) is 5. The number of benzene rings is 3. The van der Waals surface area contributed by atoms with Crippen molar-refractivity contribution in [3.05, 3.63) is 108 Å². The van der Waals surface area contributed by atoms with E-state index in [1.807, 2.05) is 101 Å².